The Kier molecular flexibility index (Phi) is 11.2. The molecule has 0 saturated heterocycles. The average Bonchev–Trinajstić information content (AvgIpc) is 2.79. The SMILES string of the molecule is CNC(=O)C(=O)[C@H](Cc1cccnc1O)NC(=O)[C@H](CC(C)C)NC(=O)[C@@H](NC(=O)C(F)(F)F)C(C)(C)C. The molecule has 0 spiro atoms. The molecular weight excluding hydrogens is 511 g/mol. The number of pyridine rings is 1. The van der Waals surface area contributed by atoms with Crippen molar-refractivity contribution < 1.29 is 42.3 Å². The molecule has 0 saturated carbocycles. The number of ketones is 1. The van der Waals surface area contributed by atoms with E-state index in [2.05, 4.69) is 20.9 Å². The van der Waals surface area contributed by atoms with Crippen molar-refractivity contribution in [2.45, 2.75) is 71.8 Å². The predicted molar refractivity (Wildman–Crippen MR) is 129 cm³/mol. The molecule has 0 bridgehead atoms. The number of rotatable bonds is 11. The average molecular weight is 546 g/mol. The van der Waals surface area contributed by atoms with E-state index in [1.54, 1.807) is 19.2 Å². The van der Waals surface area contributed by atoms with Crippen molar-refractivity contribution in [2.24, 2.45) is 11.3 Å². The van der Waals surface area contributed by atoms with Gasteiger partial charge in [0.2, 0.25) is 23.5 Å². The van der Waals surface area contributed by atoms with Gasteiger partial charge in [-0.2, -0.15) is 13.2 Å². The summed E-state index contributed by atoms with van der Waals surface area (Å²) < 4.78 is 38.6. The number of hydrogen-bond acceptors (Lipinski definition) is 7. The molecule has 14 heteroatoms. The maximum absolute atomic E-state index is 13.2. The van der Waals surface area contributed by atoms with Gasteiger partial charge in [-0.3, -0.25) is 24.0 Å². The first kappa shape index (κ1) is 32.3. The molecule has 212 valence electrons. The van der Waals surface area contributed by atoms with Gasteiger partial charge < -0.3 is 26.4 Å². The number of carbonyl (C=O) groups is 5. The Morgan fingerprint density at radius 3 is 2.03 bits per heavy atom. The molecule has 1 heterocycles. The molecule has 1 aromatic heterocycles. The van der Waals surface area contributed by atoms with Crippen LogP contribution in [0.15, 0.2) is 18.3 Å². The van der Waals surface area contributed by atoms with Crippen molar-refractivity contribution in [3.8, 4) is 5.88 Å². The van der Waals surface area contributed by atoms with Gasteiger partial charge in [-0.1, -0.05) is 40.7 Å². The molecular formula is C24H34F3N5O6. The van der Waals surface area contributed by atoms with Gasteiger partial charge >= 0.3 is 12.1 Å². The lowest BCUT2D eigenvalue weighted by molar-refractivity contribution is -0.175. The van der Waals surface area contributed by atoms with Crippen LogP contribution in [0.4, 0.5) is 13.2 Å². The Morgan fingerprint density at radius 1 is 0.974 bits per heavy atom. The van der Waals surface area contributed by atoms with Crippen LogP contribution in [0.25, 0.3) is 0 Å². The first-order valence-corrected chi connectivity index (χ1v) is 11.8. The van der Waals surface area contributed by atoms with Crippen LogP contribution in [0.1, 0.15) is 46.6 Å². The molecule has 3 atom stereocenters. The van der Waals surface area contributed by atoms with Gasteiger partial charge in [-0.05, 0) is 23.8 Å². The number of aromatic hydroxyl groups is 1. The van der Waals surface area contributed by atoms with E-state index < -0.39 is 65.0 Å². The fraction of sp³-hybridized carbons (Fsp3) is 0.583. The lowest BCUT2D eigenvalue weighted by Gasteiger charge is -2.32. The van der Waals surface area contributed by atoms with E-state index in [0.717, 1.165) is 0 Å². The number of halogens is 3. The summed E-state index contributed by atoms with van der Waals surface area (Å²) in [5, 5.41) is 18.6. The van der Waals surface area contributed by atoms with E-state index in [4.69, 9.17) is 0 Å². The third-order valence-corrected chi connectivity index (χ3v) is 5.38. The van der Waals surface area contributed by atoms with Crippen LogP contribution >= 0.6 is 0 Å². The largest absolute Gasteiger partial charge is 0.493 e. The van der Waals surface area contributed by atoms with Crippen LogP contribution in [0.2, 0.25) is 0 Å². The second-order valence-corrected chi connectivity index (χ2v) is 10.2. The second-order valence-electron chi connectivity index (χ2n) is 10.2. The van der Waals surface area contributed by atoms with Crippen molar-refractivity contribution in [1.29, 1.82) is 0 Å². The Bertz CT molecular complexity index is 1040. The number of hydrogen-bond donors (Lipinski definition) is 5. The number of likely N-dealkylation sites (N-methyl/N-ethyl adjacent to an activating group) is 1. The molecule has 38 heavy (non-hydrogen) atoms. The molecule has 0 aliphatic heterocycles. The number of alkyl halides is 3. The van der Waals surface area contributed by atoms with Gasteiger partial charge in [0, 0.05) is 25.2 Å². The van der Waals surface area contributed by atoms with Crippen LogP contribution in [-0.2, 0) is 30.4 Å². The van der Waals surface area contributed by atoms with Gasteiger partial charge in [-0.25, -0.2) is 4.98 Å². The molecule has 0 radical (unpaired) electrons. The van der Waals surface area contributed by atoms with Gasteiger partial charge in [0.1, 0.15) is 18.1 Å². The zero-order valence-electron chi connectivity index (χ0n) is 22.0. The van der Waals surface area contributed by atoms with Crippen LogP contribution in [0, 0.1) is 11.3 Å². The highest BCUT2D eigenvalue weighted by atomic mass is 19.4. The molecule has 0 aliphatic rings. The van der Waals surface area contributed by atoms with Crippen LogP contribution < -0.4 is 21.3 Å². The van der Waals surface area contributed by atoms with E-state index in [1.807, 2.05) is 0 Å². The number of carbonyl (C=O) groups excluding carboxylic acids is 5. The maximum Gasteiger partial charge on any atom is 0.471 e. The number of nitrogens with one attached hydrogen (secondary N) is 4. The Hall–Kier alpha value is -3.71. The predicted octanol–water partition coefficient (Wildman–Crippen LogP) is 0.754. The fourth-order valence-corrected chi connectivity index (χ4v) is 3.42. The minimum absolute atomic E-state index is 0.0146. The topological polar surface area (TPSA) is 167 Å². The number of aromatic nitrogens is 1. The van der Waals surface area contributed by atoms with Crippen molar-refractivity contribution in [3.63, 3.8) is 0 Å². The van der Waals surface area contributed by atoms with E-state index in [-0.39, 0.29) is 24.3 Å². The number of Topliss-reactive ketones (excluding diaryl/α,β-unsaturated/α-hetero) is 1. The van der Waals surface area contributed by atoms with Gasteiger partial charge in [0.05, 0.1) is 0 Å². The Balaban J connectivity index is 3.25. The minimum Gasteiger partial charge on any atom is -0.493 e. The lowest BCUT2D eigenvalue weighted by Crippen LogP contribution is -2.60. The number of amides is 4. The summed E-state index contributed by atoms with van der Waals surface area (Å²) in [6.45, 7) is 7.75. The van der Waals surface area contributed by atoms with Crippen molar-refractivity contribution >= 4 is 29.4 Å². The molecule has 1 aromatic rings. The first-order chi connectivity index (χ1) is 17.4. The van der Waals surface area contributed by atoms with Crippen LogP contribution in [-0.4, -0.2) is 70.9 Å². The Morgan fingerprint density at radius 2 is 1.55 bits per heavy atom. The summed E-state index contributed by atoms with van der Waals surface area (Å²) in [7, 11) is 1.21. The normalized spacial score (nSPS) is 14.2. The minimum atomic E-state index is -5.23. The summed E-state index contributed by atoms with van der Waals surface area (Å²) in [6.07, 6.45) is -4.23. The van der Waals surface area contributed by atoms with Crippen LogP contribution in [0.5, 0.6) is 5.88 Å². The van der Waals surface area contributed by atoms with Crippen molar-refractivity contribution in [3.05, 3.63) is 23.9 Å². The highest BCUT2D eigenvalue weighted by Crippen LogP contribution is 2.23. The zero-order chi connectivity index (χ0) is 29.4. The zero-order valence-corrected chi connectivity index (χ0v) is 22.0. The summed E-state index contributed by atoms with van der Waals surface area (Å²) >= 11 is 0. The summed E-state index contributed by atoms with van der Waals surface area (Å²) in [5.41, 5.74) is -1.01. The summed E-state index contributed by atoms with van der Waals surface area (Å²) in [4.78, 5) is 66.2. The molecule has 0 fully saturated rings. The van der Waals surface area contributed by atoms with E-state index in [0.29, 0.717) is 0 Å². The summed E-state index contributed by atoms with van der Waals surface area (Å²) in [6, 6.07) is -1.55. The van der Waals surface area contributed by atoms with E-state index in [1.165, 1.54) is 46.1 Å². The number of nitrogens with zero attached hydrogens (tertiary/aromatic N) is 1. The first-order valence-electron chi connectivity index (χ1n) is 11.8. The molecule has 0 unspecified atom stereocenters. The molecule has 1 rings (SSSR count). The quantitative estimate of drug-likeness (QED) is 0.256. The van der Waals surface area contributed by atoms with Crippen molar-refractivity contribution in [1.82, 2.24) is 26.3 Å². The van der Waals surface area contributed by atoms with Crippen LogP contribution in [0.3, 0.4) is 0 Å². The highest BCUT2D eigenvalue weighted by molar-refractivity contribution is 6.38. The monoisotopic (exact) mass is 545 g/mol. The molecule has 5 N–H and O–H groups in total. The van der Waals surface area contributed by atoms with Gasteiger partial charge in [0.15, 0.2) is 0 Å². The molecule has 0 aromatic carbocycles. The fourth-order valence-electron chi connectivity index (χ4n) is 3.42. The van der Waals surface area contributed by atoms with Crippen molar-refractivity contribution in [2.75, 3.05) is 7.05 Å². The molecule has 4 amide bonds. The smallest absolute Gasteiger partial charge is 0.471 e. The summed E-state index contributed by atoms with van der Waals surface area (Å²) in [5.74, 6) is -6.93. The van der Waals surface area contributed by atoms with E-state index in [9.17, 15) is 42.3 Å². The molecule has 0 aliphatic carbocycles. The standard InChI is InChI=1S/C24H34F3N5O6/c1-12(2)10-15(31-21(37)17(23(3,4)5)32-22(38)24(25,26)27)19(35)30-14(16(33)20(36)28-6)11-13-8-7-9-29-18(13)34/h7-9,12,14-15,17H,10-11H2,1-6H3,(H,28,36)(H,29,34)(H,30,35)(H,31,37)(H,32,38)/t14-,15-,17+/m0/s1. The van der Waals surface area contributed by atoms with E-state index >= 15 is 0 Å². The molecule has 11 nitrogen and oxygen atoms in total. The third kappa shape index (κ3) is 9.63. The van der Waals surface area contributed by atoms with Gasteiger partial charge in [-0.15, -0.1) is 0 Å². The third-order valence-electron chi connectivity index (χ3n) is 5.38. The Labute approximate surface area is 218 Å². The van der Waals surface area contributed by atoms with Gasteiger partial charge in [0.25, 0.3) is 5.91 Å². The maximum atomic E-state index is 13.2. The highest BCUT2D eigenvalue weighted by Gasteiger charge is 2.44. The lowest BCUT2D eigenvalue weighted by atomic mass is 9.85. The second kappa shape index (κ2) is 13.2.